The fourth-order valence-corrected chi connectivity index (χ4v) is 5.59. The normalized spacial score (nSPS) is 12.6. The molecule has 0 bridgehead atoms. The van der Waals surface area contributed by atoms with Gasteiger partial charge < -0.3 is 9.40 Å². The molecule has 5 aromatic rings. The van der Waals surface area contributed by atoms with Crippen LogP contribution in [0.15, 0.2) is 89.2 Å². The highest BCUT2D eigenvalue weighted by atomic mass is 16.7. The number of carbonyl (C=O) groups excluding carboxylic acids is 2. The van der Waals surface area contributed by atoms with Crippen LogP contribution in [0.5, 0.6) is 0 Å². The molecule has 5 rings (SSSR count). The van der Waals surface area contributed by atoms with Crippen molar-refractivity contribution < 1.29 is 14.4 Å². The lowest BCUT2D eigenvalue weighted by atomic mass is 9.98. The van der Waals surface area contributed by atoms with Gasteiger partial charge in [0, 0.05) is 51.7 Å². The first kappa shape index (κ1) is 27.9. The molecule has 0 aliphatic rings. The van der Waals surface area contributed by atoms with Gasteiger partial charge in [0.15, 0.2) is 5.71 Å². The van der Waals surface area contributed by atoms with Gasteiger partial charge in [-0.2, -0.15) is 0 Å². The van der Waals surface area contributed by atoms with Crippen LogP contribution in [0.25, 0.3) is 32.6 Å². The maximum absolute atomic E-state index is 13.8. The van der Waals surface area contributed by atoms with E-state index in [0.29, 0.717) is 22.7 Å². The van der Waals surface area contributed by atoms with Crippen LogP contribution in [-0.2, 0) is 16.2 Å². The number of nitroso groups, excluding NO2 is 1. The highest BCUT2D eigenvalue weighted by Gasteiger charge is 2.22. The molecule has 0 saturated heterocycles. The summed E-state index contributed by atoms with van der Waals surface area (Å²) in [5.74, 6) is -0.499. The number of benzene rings is 4. The van der Waals surface area contributed by atoms with Gasteiger partial charge in [0.2, 0.25) is 5.78 Å². The van der Waals surface area contributed by atoms with Crippen molar-refractivity contribution in [2.75, 3.05) is 0 Å². The van der Waals surface area contributed by atoms with Gasteiger partial charge in [-0.3, -0.25) is 4.79 Å². The molecule has 7 heteroatoms. The average molecular weight is 548 g/mol. The van der Waals surface area contributed by atoms with Crippen molar-refractivity contribution in [2.45, 2.75) is 53.0 Å². The van der Waals surface area contributed by atoms with E-state index in [0.717, 1.165) is 64.8 Å². The molecule has 0 spiro atoms. The Morgan fingerprint density at radius 3 is 2.27 bits per heavy atom. The molecule has 7 nitrogen and oxygen atoms in total. The molecule has 4 aromatic carbocycles. The second kappa shape index (κ2) is 12.3. The van der Waals surface area contributed by atoms with E-state index in [2.05, 4.69) is 28.7 Å². The van der Waals surface area contributed by atoms with Gasteiger partial charge in [-0.1, -0.05) is 92.9 Å². The highest BCUT2D eigenvalue weighted by molar-refractivity contribution is 6.51. The van der Waals surface area contributed by atoms with Gasteiger partial charge in [0.25, 0.3) is 0 Å². The molecule has 1 atom stereocenters. The number of Topliss-reactive ketones (excluding diaryl/α,β-unsaturated/α-hetero) is 1. The summed E-state index contributed by atoms with van der Waals surface area (Å²) in [7, 11) is 0. The summed E-state index contributed by atoms with van der Waals surface area (Å²) < 4.78 is 2.34. The number of hydrogen-bond donors (Lipinski definition) is 0. The number of aromatic nitrogens is 1. The average Bonchev–Trinajstić information content (AvgIpc) is 3.31. The smallest absolute Gasteiger partial charge is 0.332 e. The Kier molecular flexibility index (Phi) is 8.34. The van der Waals surface area contributed by atoms with Crippen molar-refractivity contribution in [2.24, 2.45) is 16.3 Å². The second-order valence-corrected chi connectivity index (χ2v) is 10.4. The fraction of sp³-hybridized carbons (Fsp3) is 0.265. The predicted molar refractivity (Wildman–Crippen MR) is 165 cm³/mol. The minimum Gasteiger partial charge on any atom is -0.340 e. The number of oxime groups is 1. The number of carbonyl (C=O) groups is 2. The predicted octanol–water partition coefficient (Wildman–Crippen LogP) is 8.71. The lowest BCUT2D eigenvalue weighted by Crippen LogP contribution is -2.17. The maximum Gasteiger partial charge on any atom is 0.332 e. The van der Waals surface area contributed by atoms with Gasteiger partial charge in [-0.05, 0) is 41.8 Å². The molecule has 1 heterocycles. The van der Waals surface area contributed by atoms with E-state index in [9.17, 15) is 14.5 Å². The van der Waals surface area contributed by atoms with Crippen molar-refractivity contribution >= 4 is 55.7 Å². The Morgan fingerprint density at radius 1 is 0.854 bits per heavy atom. The lowest BCUT2D eigenvalue weighted by molar-refractivity contribution is -0.140. The molecule has 0 aliphatic heterocycles. The monoisotopic (exact) mass is 547 g/mol. The highest BCUT2D eigenvalue weighted by Crippen LogP contribution is 2.40. The van der Waals surface area contributed by atoms with Crippen LogP contribution in [-0.4, -0.2) is 22.0 Å². The lowest BCUT2D eigenvalue weighted by Gasteiger charge is -2.18. The molecular weight excluding hydrogens is 514 g/mol. The summed E-state index contributed by atoms with van der Waals surface area (Å²) in [5, 5.41) is 10.8. The summed E-state index contributed by atoms with van der Waals surface area (Å²) in [5.41, 5.74) is 3.36. The quantitative estimate of drug-likeness (QED) is 0.0544. The van der Waals surface area contributed by atoms with E-state index in [1.807, 2.05) is 48.5 Å². The number of fused-ring (bicyclic) bond motifs is 5. The number of unbranched alkanes of at least 4 members (excludes halogenated alkanes) is 1. The summed E-state index contributed by atoms with van der Waals surface area (Å²) in [4.78, 5) is 42.2. The van der Waals surface area contributed by atoms with Crippen LogP contribution < -0.4 is 0 Å². The molecule has 208 valence electrons. The standard InChI is InChI=1S/C34H33N3O4/c1-4-6-12-23(5-2)21-37-31-18-17-25(34(39)32(36-41-22(3)38)24-13-8-7-9-14-24)19-28(31)29-20-30(35-40)26-15-10-11-16-27(26)33(29)37/h7-11,13-20,23H,4-6,12,21H2,1-3H3/b36-32+. The van der Waals surface area contributed by atoms with Crippen LogP contribution in [0.4, 0.5) is 5.69 Å². The third-order valence-corrected chi connectivity index (χ3v) is 7.71. The van der Waals surface area contributed by atoms with Crippen LogP contribution in [0.2, 0.25) is 0 Å². The third kappa shape index (κ3) is 5.53. The zero-order valence-electron chi connectivity index (χ0n) is 23.6. The minimum atomic E-state index is -0.612. The Hall–Kier alpha value is -4.65. The van der Waals surface area contributed by atoms with Gasteiger partial charge >= 0.3 is 5.97 Å². The number of nitrogens with zero attached hydrogens (tertiary/aromatic N) is 3. The fourth-order valence-electron chi connectivity index (χ4n) is 5.59. The largest absolute Gasteiger partial charge is 0.340 e. The first-order chi connectivity index (χ1) is 20.0. The third-order valence-electron chi connectivity index (χ3n) is 7.71. The topological polar surface area (TPSA) is 90.1 Å². The molecule has 0 N–H and O–H groups in total. The second-order valence-electron chi connectivity index (χ2n) is 10.4. The number of ketones is 1. The maximum atomic E-state index is 13.8. The molecular formula is C34H33N3O4. The number of hydrogen-bond acceptors (Lipinski definition) is 6. The zero-order valence-corrected chi connectivity index (χ0v) is 23.6. The summed E-state index contributed by atoms with van der Waals surface area (Å²) >= 11 is 0. The van der Waals surface area contributed by atoms with Crippen molar-refractivity contribution in [1.82, 2.24) is 4.57 Å². The number of rotatable bonds is 11. The van der Waals surface area contributed by atoms with Crippen molar-refractivity contribution in [3.8, 4) is 0 Å². The van der Waals surface area contributed by atoms with E-state index in [1.54, 1.807) is 30.3 Å². The molecule has 0 radical (unpaired) electrons. The molecule has 1 aromatic heterocycles. The molecule has 41 heavy (non-hydrogen) atoms. The Balaban J connectivity index is 1.74. The zero-order chi connectivity index (χ0) is 28.9. The summed E-state index contributed by atoms with van der Waals surface area (Å²) in [6.45, 7) is 6.50. The van der Waals surface area contributed by atoms with Crippen LogP contribution in [0.1, 0.15) is 62.4 Å². The Morgan fingerprint density at radius 2 is 1.59 bits per heavy atom. The van der Waals surface area contributed by atoms with Crippen LogP contribution in [0, 0.1) is 10.8 Å². The molecule has 0 fully saturated rings. The van der Waals surface area contributed by atoms with E-state index in [-0.39, 0.29) is 11.5 Å². The van der Waals surface area contributed by atoms with Crippen LogP contribution in [0.3, 0.4) is 0 Å². The van der Waals surface area contributed by atoms with Crippen molar-refractivity contribution in [1.29, 1.82) is 0 Å². The van der Waals surface area contributed by atoms with Crippen molar-refractivity contribution in [3.63, 3.8) is 0 Å². The van der Waals surface area contributed by atoms with Crippen molar-refractivity contribution in [3.05, 3.63) is 94.9 Å². The minimum absolute atomic E-state index is 0.0372. The molecule has 1 unspecified atom stereocenters. The van der Waals surface area contributed by atoms with Gasteiger partial charge in [-0.15, -0.1) is 4.91 Å². The SMILES string of the molecule is CCCCC(CC)Cn1c2ccc(C(=O)/C(=N/OC(C)=O)c3ccccc3)cc2c2cc(N=O)c3ccccc3c21. The molecule has 0 aliphatic carbocycles. The molecule has 0 saturated carbocycles. The van der Waals surface area contributed by atoms with E-state index < -0.39 is 5.97 Å². The van der Waals surface area contributed by atoms with E-state index >= 15 is 0 Å². The van der Waals surface area contributed by atoms with Gasteiger partial charge in [-0.25, -0.2) is 4.79 Å². The van der Waals surface area contributed by atoms with E-state index in [4.69, 9.17) is 4.84 Å². The Labute approximate surface area is 238 Å². The van der Waals surface area contributed by atoms with E-state index in [1.165, 1.54) is 6.92 Å². The Bertz CT molecular complexity index is 1790. The first-order valence-electron chi connectivity index (χ1n) is 14.1. The summed E-state index contributed by atoms with van der Waals surface area (Å²) in [6, 6.07) is 24.2. The molecule has 0 amide bonds. The van der Waals surface area contributed by atoms with Crippen LogP contribution >= 0.6 is 0 Å². The van der Waals surface area contributed by atoms with Gasteiger partial charge in [0.05, 0.1) is 5.52 Å². The van der Waals surface area contributed by atoms with Gasteiger partial charge in [0.1, 0.15) is 5.69 Å². The first-order valence-corrected chi connectivity index (χ1v) is 14.1. The summed E-state index contributed by atoms with van der Waals surface area (Å²) in [6.07, 6.45) is 4.49.